The van der Waals surface area contributed by atoms with Crippen molar-refractivity contribution >= 4 is 23.8 Å². The smallest absolute Gasteiger partial charge is 0.412 e. The number of nitrogens with one attached hydrogen (secondary N) is 1. The fourth-order valence-electron chi connectivity index (χ4n) is 4.13. The van der Waals surface area contributed by atoms with Crippen molar-refractivity contribution in [3.05, 3.63) is 83.6 Å². The zero-order chi connectivity index (χ0) is 24.2. The van der Waals surface area contributed by atoms with Gasteiger partial charge >= 0.3 is 12.1 Å². The lowest BCUT2D eigenvalue weighted by molar-refractivity contribution is -0.141. The SMILES string of the molecule is CC(CN(C)C(=O)c1cccc(NC(=O)OCC2c3ccccc3-c3ccccc32)n1)C(=O)O. The van der Waals surface area contributed by atoms with Crippen molar-refractivity contribution in [1.82, 2.24) is 9.88 Å². The van der Waals surface area contributed by atoms with Crippen LogP contribution in [0.2, 0.25) is 0 Å². The molecule has 0 saturated heterocycles. The van der Waals surface area contributed by atoms with Crippen LogP contribution in [0.15, 0.2) is 66.7 Å². The van der Waals surface area contributed by atoms with Crippen molar-refractivity contribution in [2.45, 2.75) is 12.8 Å². The van der Waals surface area contributed by atoms with Crippen molar-refractivity contribution in [3.63, 3.8) is 0 Å². The lowest BCUT2D eigenvalue weighted by Gasteiger charge is -2.19. The average Bonchev–Trinajstić information content (AvgIpc) is 3.16. The van der Waals surface area contributed by atoms with E-state index in [-0.39, 0.29) is 30.6 Å². The minimum absolute atomic E-state index is 0.0415. The van der Waals surface area contributed by atoms with Gasteiger partial charge < -0.3 is 14.7 Å². The number of fused-ring (bicyclic) bond motifs is 3. The number of amides is 2. The Morgan fingerprint density at radius 3 is 2.24 bits per heavy atom. The molecule has 1 unspecified atom stereocenters. The summed E-state index contributed by atoms with van der Waals surface area (Å²) in [5, 5.41) is 11.6. The van der Waals surface area contributed by atoms with Gasteiger partial charge in [0.15, 0.2) is 0 Å². The van der Waals surface area contributed by atoms with E-state index in [9.17, 15) is 14.4 Å². The third-order valence-corrected chi connectivity index (χ3v) is 5.86. The highest BCUT2D eigenvalue weighted by Crippen LogP contribution is 2.44. The molecule has 0 fully saturated rings. The minimum Gasteiger partial charge on any atom is -0.481 e. The number of anilines is 1. The molecule has 2 amide bonds. The molecular weight excluding hydrogens is 434 g/mol. The van der Waals surface area contributed by atoms with Crippen LogP contribution >= 0.6 is 0 Å². The van der Waals surface area contributed by atoms with Gasteiger partial charge in [0.1, 0.15) is 18.1 Å². The van der Waals surface area contributed by atoms with Crippen LogP contribution < -0.4 is 5.32 Å². The number of pyridine rings is 1. The Morgan fingerprint density at radius 2 is 1.62 bits per heavy atom. The second-order valence-corrected chi connectivity index (χ2v) is 8.28. The van der Waals surface area contributed by atoms with E-state index < -0.39 is 23.9 Å². The first kappa shape index (κ1) is 23.0. The Hall–Kier alpha value is -4.20. The molecule has 0 bridgehead atoms. The number of carboxylic acid groups (broad SMARTS) is 1. The Kier molecular flexibility index (Phi) is 6.58. The van der Waals surface area contributed by atoms with Gasteiger partial charge in [0.2, 0.25) is 0 Å². The van der Waals surface area contributed by atoms with Gasteiger partial charge in [-0.2, -0.15) is 0 Å². The van der Waals surface area contributed by atoms with Gasteiger partial charge in [-0.3, -0.25) is 14.9 Å². The summed E-state index contributed by atoms with van der Waals surface area (Å²) in [4.78, 5) is 41.6. The number of ether oxygens (including phenoxy) is 1. The van der Waals surface area contributed by atoms with Gasteiger partial charge in [-0.05, 0) is 34.4 Å². The molecule has 2 N–H and O–H groups in total. The summed E-state index contributed by atoms with van der Waals surface area (Å²) in [5.41, 5.74) is 4.60. The number of aliphatic carboxylic acids is 1. The zero-order valence-electron chi connectivity index (χ0n) is 18.9. The van der Waals surface area contributed by atoms with Gasteiger partial charge in [-0.1, -0.05) is 61.5 Å². The molecule has 1 aliphatic carbocycles. The predicted octanol–water partition coefficient (Wildman–Crippen LogP) is 4.24. The second-order valence-electron chi connectivity index (χ2n) is 8.28. The molecule has 3 aromatic rings. The summed E-state index contributed by atoms with van der Waals surface area (Å²) >= 11 is 0. The summed E-state index contributed by atoms with van der Waals surface area (Å²) in [5.74, 6) is -2.04. The molecule has 0 spiro atoms. The zero-order valence-corrected chi connectivity index (χ0v) is 18.9. The topological polar surface area (TPSA) is 109 Å². The van der Waals surface area contributed by atoms with E-state index in [1.165, 1.54) is 24.9 Å². The number of benzene rings is 2. The molecule has 1 aliphatic rings. The van der Waals surface area contributed by atoms with Gasteiger partial charge in [-0.15, -0.1) is 0 Å². The van der Waals surface area contributed by atoms with Crippen molar-refractivity contribution < 1.29 is 24.2 Å². The fraction of sp³-hybridized carbons (Fsp3) is 0.231. The molecule has 2 aromatic carbocycles. The first-order valence-electron chi connectivity index (χ1n) is 10.9. The maximum absolute atomic E-state index is 12.6. The molecule has 8 nitrogen and oxygen atoms in total. The van der Waals surface area contributed by atoms with Crippen LogP contribution in [0.3, 0.4) is 0 Å². The van der Waals surface area contributed by atoms with Crippen LogP contribution in [-0.2, 0) is 9.53 Å². The molecule has 0 aliphatic heterocycles. The molecule has 0 radical (unpaired) electrons. The predicted molar refractivity (Wildman–Crippen MR) is 127 cm³/mol. The van der Waals surface area contributed by atoms with Gasteiger partial charge in [0.25, 0.3) is 5.91 Å². The van der Waals surface area contributed by atoms with E-state index in [1.54, 1.807) is 12.1 Å². The summed E-state index contributed by atoms with van der Waals surface area (Å²) in [6.07, 6.45) is -0.674. The third-order valence-electron chi connectivity index (χ3n) is 5.86. The number of hydrogen-bond acceptors (Lipinski definition) is 5. The van der Waals surface area contributed by atoms with Crippen LogP contribution in [0.25, 0.3) is 11.1 Å². The van der Waals surface area contributed by atoms with Crippen LogP contribution in [-0.4, -0.2) is 53.2 Å². The van der Waals surface area contributed by atoms with Crippen molar-refractivity contribution in [1.29, 1.82) is 0 Å². The first-order valence-corrected chi connectivity index (χ1v) is 10.9. The third kappa shape index (κ3) is 4.76. The Bertz CT molecular complexity index is 1200. The van der Waals surface area contributed by atoms with Gasteiger partial charge in [0.05, 0.1) is 5.92 Å². The maximum Gasteiger partial charge on any atom is 0.412 e. The van der Waals surface area contributed by atoms with E-state index in [4.69, 9.17) is 9.84 Å². The monoisotopic (exact) mass is 459 g/mol. The number of carbonyl (C=O) groups is 3. The molecule has 1 atom stereocenters. The maximum atomic E-state index is 12.6. The Balaban J connectivity index is 1.40. The Labute approximate surface area is 197 Å². The van der Waals surface area contributed by atoms with Crippen molar-refractivity contribution in [3.8, 4) is 11.1 Å². The normalized spacial score (nSPS) is 12.9. The number of carbonyl (C=O) groups excluding carboxylic acids is 2. The molecule has 4 rings (SSSR count). The van der Waals surface area contributed by atoms with Crippen molar-refractivity contribution in [2.75, 3.05) is 25.5 Å². The van der Waals surface area contributed by atoms with E-state index in [0.717, 1.165) is 22.3 Å². The highest BCUT2D eigenvalue weighted by atomic mass is 16.5. The van der Waals surface area contributed by atoms with Gasteiger partial charge in [0, 0.05) is 19.5 Å². The van der Waals surface area contributed by atoms with Crippen LogP contribution in [0, 0.1) is 5.92 Å². The summed E-state index contributed by atoms with van der Waals surface area (Å²) in [7, 11) is 1.51. The number of hydrogen-bond donors (Lipinski definition) is 2. The standard InChI is InChI=1S/C26H25N3O5/c1-16(25(31)32)14-29(2)24(30)22-12-7-13-23(27-22)28-26(33)34-15-21-19-10-5-3-8-17(19)18-9-4-6-11-20(18)21/h3-13,16,21H,14-15H2,1-2H3,(H,31,32)(H,27,28,33). The van der Waals surface area contributed by atoms with Crippen molar-refractivity contribution in [2.24, 2.45) is 5.92 Å². The minimum atomic E-state index is -0.988. The highest BCUT2D eigenvalue weighted by Gasteiger charge is 2.29. The number of aromatic nitrogens is 1. The van der Waals surface area contributed by atoms with Crippen LogP contribution in [0.4, 0.5) is 10.6 Å². The molecule has 0 saturated carbocycles. The first-order chi connectivity index (χ1) is 16.3. The largest absolute Gasteiger partial charge is 0.481 e. The van der Waals surface area contributed by atoms with Crippen LogP contribution in [0.1, 0.15) is 34.5 Å². The summed E-state index contributed by atoms with van der Waals surface area (Å²) < 4.78 is 5.52. The molecule has 8 heteroatoms. The number of rotatable bonds is 7. The molecule has 174 valence electrons. The summed E-state index contributed by atoms with van der Waals surface area (Å²) in [6, 6.07) is 20.8. The average molecular weight is 460 g/mol. The molecule has 34 heavy (non-hydrogen) atoms. The lowest BCUT2D eigenvalue weighted by Crippen LogP contribution is -2.34. The van der Waals surface area contributed by atoms with Gasteiger partial charge in [-0.25, -0.2) is 9.78 Å². The second kappa shape index (κ2) is 9.74. The molecular formula is C26H25N3O5. The van der Waals surface area contributed by atoms with Crippen LogP contribution in [0.5, 0.6) is 0 Å². The fourth-order valence-corrected chi connectivity index (χ4v) is 4.13. The summed E-state index contributed by atoms with van der Waals surface area (Å²) in [6.45, 7) is 1.73. The van der Waals surface area contributed by atoms with E-state index in [0.29, 0.717) is 0 Å². The Morgan fingerprint density at radius 1 is 1.00 bits per heavy atom. The molecule has 1 aromatic heterocycles. The highest BCUT2D eigenvalue weighted by molar-refractivity contribution is 5.93. The quantitative estimate of drug-likeness (QED) is 0.547. The molecule has 1 heterocycles. The number of nitrogens with zero attached hydrogens (tertiary/aromatic N) is 2. The van der Waals surface area contributed by atoms with E-state index >= 15 is 0 Å². The number of carboxylic acids is 1. The van der Waals surface area contributed by atoms with E-state index in [1.807, 2.05) is 36.4 Å². The lowest BCUT2D eigenvalue weighted by atomic mass is 9.98. The van der Waals surface area contributed by atoms with E-state index in [2.05, 4.69) is 22.4 Å².